The Labute approximate surface area is 114 Å². The largest absolute Gasteiger partial charge is 0.308 e. The normalized spacial score (nSPS) is 10.2. The number of nitrogens with one attached hydrogen (secondary N) is 1. The van der Waals surface area contributed by atoms with Gasteiger partial charge in [0.15, 0.2) is 11.8 Å². The molecule has 1 aromatic carbocycles. The van der Waals surface area contributed by atoms with Crippen LogP contribution >= 0.6 is 11.8 Å². The second-order valence-electron chi connectivity index (χ2n) is 3.67. The van der Waals surface area contributed by atoms with Gasteiger partial charge in [0.25, 0.3) is 5.91 Å². The number of hydrogen-bond acceptors (Lipinski definition) is 4. The number of hydrogen-bond donors (Lipinski definition) is 1. The highest BCUT2D eigenvalue weighted by Gasteiger charge is 2.08. The fourth-order valence-corrected chi connectivity index (χ4v) is 1.89. The van der Waals surface area contributed by atoms with Crippen LogP contribution < -0.4 is 5.32 Å². The lowest BCUT2D eigenvalue weighted by Crippen LogP contribution is -2.14. The summed E-state index contributed by atoms with van der Waals surface area (Å²) in [5.41, 5.74) is 1.60. The summed E-state index contributed by atoms with van der Waals surface area (Å²) in [7, 11) is 0. The molecular formula is C13H12FN3OS. The quantitative estimate of drug-likeness (QED) is 0.689. The van der Waals surface area contributed by atoms with Crippen molar-refractivity contribution in [1.29, 1.82) is 0 Å². The molecule has 1 heterocycles. The fraction of sp³-hybridized carbons (Fsp3) is 0.154. The maximum absolute atomic E-state index is 12.2. The van der Waals surface area contributed by atoms with E-state index in [1.807, 2.05) is 36.6 Å². The van der Waals surface area contributed by atoms with Gasteiger partial charge in [-0.3, -0.25) is 4.79 Å². The van der Waals surface area contributed by atoms with Gasteiger partial charge < -0.3 is 5.32 Å². The minimum absolute atomic E-state index is 0.306. The third-order valence-corrected chi connectivity index (χ3v) is 2.89. The molecule has 0 saturated heterocycles. The molecule has 2 rings (SSSR count). The molecule has 0 atom stereocenters. The highest BCUT2D eigenvalue weighted by Crippen LogP contribution is 2.22. The van der Waals surface area contributed by atoms with E-state index in [0.29, 0.717) is 16.7 Å². The number of halogens is 1. The van der Waals surface area contributed by atoms with E-state index in [1.54, 1.807) is 6.07 Å². The number of nitrogens with zero attached hydrogens (tertiary/aromatic N) is 2. The zero-order chi connectivity index (χ0) is 13.7. The maximum Gasteiger partial charge on any atom is 0.256 e. The van der Waals surface area contributed by atoms with Crippen LogP contribution in [0.15, 0.2) is 41.6 Å². The van der Waals surface area contributed by atoms with Crippen molar-refractivity contribution >= 4 is 23.5 Å². The standard InChI is InChI=1S/C13H12FN3OS/c1-19-13-15-10(9-5-3-2-4-6-9)7-11(17-13)16-12(18)8-14/h2-7H,8H2,1H3,(H,15,16,17,18). The van der Waals surface area contributed by atoms with Crippen molar-refractivity contribution in [2.45, 2.75) is 5.16 Å². The number of alkyl halides is 1. The van der Waals surface area contributed by atoms with E-state index in [0.717, 1.165) is 5.56 Å². The van der Waals surface area contributed by atoms with E-state index >= 15 is 0 Å². The number of benzene rings is 1. The molecule has 4 nitrogen and oxygen atoms in total. The van der Waals surface area contributed by atoms with Crippen LogP contribution in [0.2, 0.25) is 0 Å². The number of rotatable bonds is 4. The number of carbonyl (C=O) groups excluding carboxylic acids is 1. The molecule has 19 heavy (non-hydrogen) atoms. The smallest absolute Gasteiger partial charge is 0.256 e. The SMILES string of the molecule is CSc1nc(NC(=O)CF)cc(-c2ccccc2)n1. The second-order valence-corrected chi connectivity index (χ2v) is 4.45. The van der Waals surface area contributed by atoms with Crippen LogP contribution in [-0.2, 0) is 4.79 Å². The Morgan fingerprint density at radius 1 is 1.32 bits per heavy atom. The summed E-state index contributed by atoms with van der Waals surface area (Å²) in [6.07, 6.45) is 1.84. The van der Waals surface area contributed by atoms with Crippen molar-refractivity contribution in [3.63, 3.8) is 0 Å². The first kappa shape index (κ1) is 13.5. The molecule has 1 N–H and O–H groups in total. The molecule has 98 valence electrons. The number of aromatic nitrogens is 2. The summed E-state index contributed by atoms with van der Waals surface area (Å²) in [6, 6.07) is 11.2. The number of carbonyl (C=O) groups is 1. The Morgan fingerprint density at radius 3 is 2.68 bits per heavy atom. The molecule has 0 unspecified atom stereocenters. The molecule has 0 saturated carbocycles. The molecule has 0 radical (unpaired) electrons. The lowest BCUT2D eigenvalue weighted by Gasteiger charge is -2.07. The summed E-state index contributed by atoms with van der Waals surface area (Å²) in [5.74, 6) is -0.411. The second kappa shape index (κ2) is 6.29. The summed E-state index contributed by atoms with van der Waals surface area (Å²) < 4.78 is 12.2. The zero-order valence-corrected chi connectivity index (χ0v) is 11.1. The van der Waals surface area contributed by atoms with Gasteiger partial charge in [0.05, 0.1) is 5.69 Å². The van der Waals surface area contributed by atoms with Crippen LogP contribution in [0, 0.1) is 0 Å². The first-order valence-corrected chi connectivity index (χ1v) is 6.79. The van der Waals surface area contributed by atoms with Crippen LogP contribution in [-0.4, -0.2) is 28.8 Å². The average molecular weight is 277 g/mol. The molecule has 1 aromatic heterocycles. The lowest BCUT2D eigenvalue weighted by molar-refractivity contribution is -0.117. The molecule has 0 fully saturated rings. The average Bonchev–Trinajstić information content (AvgIpc) is 2.47. The molecule has 0 aliphatic heterocycles. The van der Waals surface area contributed by atoms with E-state index < -0.39 is 12.6 Å². The Balaban J connectivity index is 2.39. The highest BCUT2D eigenvalue weighted by molar-refractivity contribution is 7.98. The van der Waals surface area contributed by atoms with Gasteiger partial charge in [-0.15, -0.1) is 0 Å². The van der Waals surface area contributed by atoms with E-state index in [1.165, 1.54) is 11.8 Å². The molecule has 1 amide bonds. The van der Waals surface area contributed by atoms with Crippen molar-refractivity contribution in [2.24, 2.45) is 0 Å². The van der Waals surface area contributed by atoms with E-state index in [2.05, 4.69) is 15.3 Å². The summed E-state index contributed by atoms with van der Waals surface area (Å²) in [6.45, 7) is -1.07. The van der Waals surface area contributed by atoms with E-state index in [9.17, 15) is 9.18 Å². The maximum atomic E-state index is 12.2. The topological polar surface area (TPSA) is 54.9 Å². The lowest BCUT2D eigenvalue weighted by atomic mass is 10.1. The molecule has 0 spiro atoms. The van der Waals surface area contributed by atoms with E-state index in [-0.39, 0.29) is 0 Å². The Bertz CT molecular complexity index is 577. The van der Waals surface area contributed by atoms with Crippen LogP contribution in [0.1, 0.15) is 0 Å². The molecule has 0 aliphatic rings. The predicted octanol–water partition coefficient (Wildman–Crippen LogP) is 2.77. The molecular weight excluding hydrogens is 265 g/mol. The monoisotopic (exact) mass is 277 g/mol. The summed E-state index contributed by atoms with van der Waals surface area (Å²) in [4.78, 5) is 19.6. The summed E-state index contributed by atoms with van der Waals surface area (Å²) in [5, 5.41) is 2.92. The predicted molar refractivity (Wildman–Crippen MR) is 73.9 cm³/mol. The van der Waals surface area contributed by atoms with Gasteiger partial charge in [-0.1, -0.05) is 42.1 Å². The first-order valence-electron chi connectivity index (χ1n) is 5.57. The Kier molecular flexibility index (Phi) is 4.46. The van der Waals surface area contributed by atoms with Gasteiger partial charge >= 0.3 is 0 Å². The van der Waals surface area contributed by atoms with Crippen LogP contribution in [0.25, 0.3) is 11.3 Å². The van der Waals surface area contributed by atoms with Crippen molar-refractivity contribution in [2.75, 3.05) is 18.2 Å². The van der Waals surface area contributed by atoms with Gasteiger partial charge in [0.1, 0.15) is 5.82 Å². The molecule has 0 bridgehead atoms. The minimum atomic E-state index is -1.07. The molecule has 0 aliphatic carbocycles. The number of amides is 1. The van der Waals surface area contributed by atoms with Gasteiger partial charge in [0, 0.05) is 11.6 Å². The fourth-order valence-electron chi connectivity index (χ4n) is 1.51. The third-order valence-electron chi connectivity index (χ3n) is 2.35. The molecule has 6 heteroatoms. The zero-order valence-electron chi connectivity index (χ0n) is 10.3. The first-order chi connectivity index (χ1) is 9.22. The minimum Gasteiger partial charge on any atom is -0.308 e. The van der Waals surface area contributed by atoms with Crippen LogP contribution in [0.3, 0.4) is 0 Å². The van der Waals surface area contributed by atoms with E-state index in [4.69, 9.17) is 0 Å². The van der Waals surface area contributed by atoms with Crippen molar-refractivity contribution in [3.05, 3.63) is 36.4 Å². The van der Waals surface area contributed by atoms with Crippen molar-refractivity contribution < 1.29 is 9.18 Å². The van der Waals surface area contributed by atoms with Gasteiger partial charge in [0.2, 0.25) is 0 Å². The Hall–Kier alpha value is -1.95. The van der Waals surface area contributed by atoms with Crippen LogP contribution in [0.4, 0.5) is 10.2 Å². The highest BCUT2D eigenvalue weighted by atomic mass is 32.2. The molecule has 2 aromatic rings. The van der Waals surface area contributed by atoms with Crippen molar-refractivity contribution in [1.82, 2.24) is 9.97 Å². The Morgan fingerprint density at radius 2 is 2.05 bits per heavy atom. The summed E-state index contributed by atoms with van der Waals surface area (Å²) >= 11 is 1.36. The van der Waals surface area contributed by atoms with Gasteiger partial charge in [-0.25, -0.2) is 14.4 Å². The number of thioether (sulfide) groups is 1. The van der Waals surface area contributed by atoms with Crippen LogP contribution in [0.5, 0.6) is 0 Å². The van der Waals surface area contributed by atoms with Gasteiger partial charge in [-0.05, 0) is 6.26 Å². The third kappa shape index (κ3) is 3.51. The van der Waals surface area contributed by atoms with Crippen molar-refractivity contribution in [3.8, 4) is 11.3 Å². The number of anilines is 1. The van der Waals surface area contributed by atoms with Gasteiger partial charge in [-0.2, -0.15) is 0 Å².